The molecule has 0 radical (unpaired) electrons. The predicted octanol–water partition coefficient (Wildman–Crippen LogP) is 3.51. The number of aryl methyl sites for hydroxylation is 2. The first kappa shape index (κ1) is 19.8. The van der Waals surface area contributed by atoms with Crippen LogP contribution >= 0.6 is 0 Å². The van der Waals surface area contributed by atoms with Crippen LogP contribution in [-0.2, 0) is 4.74 Å². The van der Waals surface area contributed by atoms with Gasteiger partial charge in [0, 0.05) is 18.8 Å². The highest BCUT2D eigenvalue weighted by Gasteiger charge is 2.17. The fourth-order valence-electron chi connectivity index (χ4n) is 3.12. The summed E-state index contributed by atoms with van der Waals surface area (Å²) in [6.07, 6.45) is 1.75. The number of hydrogen-bond acceptors (Lipinski definition) is 8. The summed E-state index contributed by atoms with van der Waals surface area (Å²) in [5.41, 5.74) is 7.18. The van der Waals surface area contributed by atoms with E-state index in [0.29, 0.717) is 31.1 Å². The van der Waals surface area contributed by atoms with Crippen molar-refractivity contribution in [2.24, 2.45) is 5.10 Å². The second-order valence-electron chi connectivity index (χ2n) is 7.11. The van der Waals surface area contributed by atoms with Gasteiger partial charge >= 0.3 is 0 Å². The maximum atomic E-state index is 5.45. The molecule has 0 amide bonds. The van der Waals surface area contributed by atoms with Crippen LogP contribution in [0.15, 0.2) is 53.6 Å². The quantitative estimate of drug-likeness (QED) is 0.481. The molecule has 4 rings (SSSR count). The largest absolute Gasteiger partial charge is 0.378 e. The Morgan fingerprint density at radius 1 is 0.967 bits per heavy atom. The standard InChI is InChI=1S/C22H25N7O/c1-16-6-5-8-18(14-16)15-23-28-21-25-20(24-19-9-4-3-7-17(19)2)26-22(27-21)29-10-12-30-13-11-29/h3-9,14-15H,10-13H2,1-2H3,(H2,24,25,26,27,28)/b23-15+. The van der Waals surface area contributed by atoms with Gasteiger partial charge in [-0.1, -0.05) is 48.0 Å². The molecule has 1 aliphatic rings. The average molecular weight is 403 g/mol. The highest BCUT2D eigenvalue weighted by molar-refractivity contribution is 5.80. The lowest BCUT2D eigenvalue weighted by molar-refractivity contribution is 0.122. The molecule has 1 fully saturated rings. The number of aromatic nitrogens is 3. The van der Waals surface area contributed by atoms with Crippen molar-refractivity contribution in [2.75, 3.05) is 41.9 Å². The van der Waals surface area contributed by atoms with Crippen molar-refractivity contribution in [1.29, 1.82) is 0 Å². The first-order chi connectivity index (χ1) is 14.7. The van der Waals surface area contributed by atoms with Gasteiger partial charge in [0.2, 0.25) is 17.8 Å². The molecule has 8 heteroatoms. The van der Waals surface area contributed by atoms with Crippen molar-refractivity contribution in [3.63, 3.8) is 0 Å². The van der Waals surface area contributed by atoms with Crippen molar-refractivity contribution in [2.45, 2.75) is 13.8 Å². The highest BCUT2D eigenvalue weighted by Crippen LogP contribution is 2.21. The lowest BCUT2D eigenvalue weighted by Gasteiger charge is -2.27. The van der Waals surface area contributed by atoms with Gasteiger partial charge in [-0.2, -0.15) is 20.1 Å². The molecule has 30 heavy (non-hydrogen) atoms. The SMILES string of the molecule is Cc1cccc(/C=N/Nc2nc(Nc3ccccc3C)nc(N3CCOCC3)n2)c1. The molecular formula is C22H25N7O. The zero-order chi connectivity index (χ0) is 20.8. The molecule has 0 unspecified atom stereocenters. The summed E-state index contributed by atoms with van der Waals surface area (Å²) in [5.74, 6) is 1.44. The van der Waals surface area contributed by atoms with E-state index >= 15 is 0 Å². The van der Waals surface area contributed by atoms with E-state index in [0.717, 1.165) is 29.9 Å². The second kappa shape index (κ2) is 9.32. The van der Waals surface area contributed by atoms with Crippen LogP contribution in [0.2, 0.25) is 0 Å². The Morgan fingerprint density at radius 2 is 1.77 bits per heavy atom. The van der Waals surface area contributed by atoms with Gasteiger partial charge in [0.05, 0.1) is 19.4 Å². The predicted molar refractivity (Wildman–Crippen MR) is 120 cm³/mol. The van der Waals surface area contributed by atoms with Crippen molar-refractivity contribution in [1.82, 2.24) is 15.0 Å². The molecule has 1 aliphatic heterocycles. The summed E-state index contributed by atoms with van der Waals surface area (Å²) in [4.78, 5) is 15.8. The van der Waals surface area contributed by atoms with Gasteiger partial charge in [-0.05, 0) is 31.0 Å². The smallest absolute Gasteiger partial charge is 0.250 e. The summed E-state index contributed by atoms with van der Waals surface area (Å²) in [7, 11) is 0. The first-order valence-electron chi connectivity index (χ1n) is 9.94. The number of nitrogens with one attached hydrogen (secondary N) is 2. The van der Waals surface area contributed by atoms with Gasteiger partial charge in [-0.15, -0.1) is 0 Å². The number of anilines is 4. The number of nitrogens with zero attached hydrogens (tertiary/aromatic N) is 5. The Balaban J connectivity index is 1.58. The first-order valence-corrected chi connectivity index (χ1v) is 9.94. The maximum Gasteiger partial charge on any atom is 0.250 e. The molecule has 0 aliphatic carbocycles. The van der Waals surface area contributed by atoms with Crippen molar-refractivity contribution < 1.29 is 4.74 Å². The number of benzene rings is 2. The van der Waals surface area contributed by atoms with Crippen molar-refractivity contribution in [3.8, 4) is 0 Å². The van der Waals surface area contributed by atoms with Crippen LogP contribution < -0.4 is 15.6 Å². The van der Waals surface area contributed by atoms with Gasteiger partial charge in [-0.25, -0.2) is 5.43 Å². The highest BCUT2D eigenvalue weighted by atomic mass is 16.5. The molecule has 2 N–H and O–H groups in total. The molecule has 0 atom stereocenters. The average Bonchev–Trinajstić information content (AvgIpc) is 2.76. The van der Waals surface area contributed by atoms with Crippen molar-refractivity contribution in [3.05, 3.63) is 65.2 Å². The second-order valence-corrected chi connectivity index (χ2v) is 7.11. The van der Waals surface area contributed by atoms with E-state index in [1.54, 1.807) is 6.21 Å². The number of ether oxygens (including phenoxy) is 1. The maximum absolute atomic E-state index is 5.45. The third-order valence-corrected chi connectivity index (χ3v) is 4.73. The van der Waals surface area contributed by atoms with Crippen LogP contribution in [0.5, 0.6) is 0 Å². The molecule has 0 bridgehead atoms. The van der Waals surface area contributed by atoms with E-state index < -0.39 is 0 Å². The minimum atomic E-state index is 0.381. The van der Waals surface area contributed by atoms with Crippen LogP contribution in [0, 0.1) is 13.8 Å². The molecule has 2 heterocycles. The van der Waals surface area contributed by atoms with Gasteiger partial charge in [0.1, 0.15) is 0 Å². The Hall–Kier alpha value is -3.52. The number of hydrogen-bond donors (Lipinski definition) is 2. The van der Waals surface area contributed by atoms with Crippen LogP contribution in [0.25, 0.3) is 0 Å². The zero-order valence-electron chi connectivity index (χ0n) is 17.2. The van der Waals surface area contributed by atoms with Crippen LogP contribution in [0.1, 0.15) is 16.7 Å². The van der Waals surface area contributed by atoms with Gasteiger partial charge in [-0.3, -0.25) is 0 Å². The zero-order valence-corrected chi connectivity index (χ0v) is 17.2. The Bertz CT molecular complexity index is 1030. The summed E-state index contributed by atoms with van der Waals surface area (Å²) in [6.45, 7) is 6.87. The van der Waals surface area contributed by atoms with Crippen LogP contribution in [0.3, 0.4) is 0 Å². The van der Waals surface area contributed by atoms with E-state index in [9.17, 15) is 0 Å². The van der Waals surface area contributed by atoms with Gasteiger partial charge in [0.25, 0.3) is 0 Å². The molecule has 0 saturated carbocycles. The molecular weight excluding hydrogens is 378 g/mol. The topological polar surface area (TPSA) is 87.6 Å². The minimum absolute atomic E-state index is 0.381. The Kier molecular flexibility index (Phi) is 6.14. The number of morpholine rings is 1. The van der Waals surface area contributed by atoms with E-state index in [4.69, 9.17) is 4.74 Å². The summed E-state index contributed by atoms with van der Waals surface area (Å²) >= 11 is 0. The van der Waals surface area contributed by atoms with Crippen LogP contribution in [0.4, 0.5) is 23.5 Å². The fourth-order valence-corrected chi connectivity index (χ4v) is 3.12. The number of para-hydroxylation sites is 1. The summed E-state index contributed by atoms with van der Waals surface area (Å²) in [6, 6.07) is 16.1. The Labute approximate surface area is 176 Å². The van der Waals surface area contributed by atoms with E-state index in [2.05, 4.69) is 54.8 Å². The van der Waals surface area contributed by atoms with Gasteiger partial charge in [0.15, 0.2) is 0 Å². The molecule has 0 spiro atoms. The molecule has 3 aromatic rings. The normalized spacial score (nSPS) is 14.1. The molecule has 8 nitrogen and oxygen atoms in total. The van der Waals surface area contributed by atoms with E-state index in [-0.39, 0.29) is 0 Å². The molecule has 154 valence electrons. The fraction of sp³-hybridized carbons (Fsp3) is 0.273. The minimum Gasteiger partial charge on any atom is -0.378 e. The third kappa shape index (κ3) is 5.09. The monoisotopic (exact) mass is 403 g/mol. The Morgan fingerprint density at radius 3 is 2.57 bits per heavy atom. The lowest BCUT2D eigenvalue weighted by Crippen LogP contribution is -2.37. The van der Waals surface area contributed by atoms with Crippen LogP contribution in [-0.4, -0.2) is 47.5 Å². The number of rotatable bonds is 6. The van der Waals surface area contributed by atoms with Crippen molar-refractivity contribution >= 4 is 29.7 Å². The summed E-state index contributed by atoms with van der Waals surface area (Å²) < 4.78 is 5.45. The van der Waals surface area contributed by atoms with E-state index in [1.807, 2.05) is 43.3 Å². The molecule has 1 aromatic heterocycles. The molecule has 2 aromatic carbocycles. The number of hydrazone groups is 1. The lowest BCUT2D eigenvalue weighted by atomic mass is 10.2. The third-order valence-electron chi connectivity index (χ3n) is 4.73. The molecule has 1 saturated heterocycles. The van der Waals surface area contributed by atoms with E-state index in [1.165, 1.54) is 5.56 Å². The van der Waals surface area contributed by atoms with Gasteiger partial charge < -0.3 is 15.0 Å². The summed E-state index contributed by atoms with van der Waals surface area (Å²) in [5, 5.41) is 7.60.